The number of hydrogen-bond acceptors (Lipinski definition) is 3. The van der Waals surface area contributed by atoms with Crippen LogP contribution in [0, 0.1) is 11.6 Å². The van der Waals surface area contributed by atoms with Gasteiger partial charge in [0.1, 0.15) is 0 Å². The molecule has 1 aliphatic heterocycles. The van der Waals surface area contributed by atoms with Gasteiger partial charge in [0.05, 0.1) is 5.69 Å². The summed E-state index contributed by atoms with van der Waals surface area (Å²) in [7, 11) is 0. The minimum atomic E-state index is -0.962. The van der Waals surface area contributed by atoms with Crippen LogP contribution in [0.25, 0.3) is 5.69 Å². The van der Waals surface area contributed by atoms with E-state index in [4.69, 9.17) is 5.73 Å². The van der Waals surface area contributed by atoms with Crippen LogP contribution < -0.4 is 10.6 Å². The van der Waals surface area contributed by atoms with E-state index in [9.17, 15) is 18.4 Å². The van der Waals surface area contributed by atoms with E-state index in [-0.39, 0.29) is 5.91 Å². The Hall–Kier alpha value is -3.55. The maximum Gasteiger partial charge on any atom is 0.279 e. The number of nitrogens with two attached hydrogens (primary N) is 1. The van der Waals surface area contributed by atoms with Crippen molar-refractivity contribution >= 4 is 17.5 Å². The van der Waals surface area contributed by atoms with Gasteiger partial charge < -0.3 is 10.6 Å². The van der Waals surface area contributed by atoms with E-state index in [2.05, 4.69) is 5.10 Å². The zero-order valence-electron chi connectivity index (χ0n) is 16.7. The van der Waals surface area contributed by atoms with Crippen molar-refractivity contribution in [3.05, 3.63) is 76.1 Å². The lowest BCUT2D eigenvalue weighted by atomic mass is 9.95. The average molecular weight is 422 g/mol. The second kappa shape index (κ2) is 7.30. The molecule has 0 fully saturated rings. The number of aromatic nitrogens is 2. The number of rotatable bonds is 3. The Labute approximate surface area is 177 Å². The first kappa shape index (κ1) is 19.4. The van der Waals surface area contributed by atoms with Crippen LogP contribution >= 0.6 is 0 Å². The Kier molecular flexibility index (Phi) is 4.57. The van der Waals surface area contributed by atoms with Gasteiger partial charge >= 0.3 is 0 Å². The fraction of sp³-hybridized carbons (Fsp3) is 0.261. The summed E-state index contributed by atoms with van der Waals surface area (Å²) in [4.78, 5) is 27.0. The van der Waals surface area contributed by atoms with Crippen molar-refractivity contribution in [2.45, 2.75) is 32.1 Å². The predicted molar refractivity (Wildman–Crippen MR) is 110 cm³/mol. The number of anilines is 1. The molecular weight excluding hydrogens is 402 g/mol. The lowest BCUT2D eigenvalue weighted by Crippen LogP contribution is -2.37. The third kappa shape index (κ3) is 3.10. The molecule has 0 saturated heterocycles. The van der Waals surface area contributed by atoms with E-state index in [1.807, 2.05) is 6.07 Å². The van der Waals surface area contributed by atoms with Crippen molar-refractivity contribution in [3.63, 3.8) is 0 Å². The number of carbonyl (C=O) groups is 2. The van der Waals surface area contributed by atoms with Gasteiger partial charge in [0.25, 0.3) is 5.91 Å². The first-order valence-electron chi connectivity index (χ1n) is 10.3. The normalized spacial score (nSPS) is 15.0. The van der Waals surface area contributed by atoms with Crippen LogP contribution in [0.2, 0.25) is 0 Å². The van der Waals surface area contributed by atoms with Gasteiger partial charge in [-0.05, 0) is 61.9 Å². The second-order valence-electron chi connectivity index (χ2n) is 7.87. The van der Waals surface area contributed by atoms with Gasteiger partial charge in [-0.25, -0.2) is 13.5 Å². The molecule has 2 amide bonds. The van der Waals surface area contributed by atoms with Crippen LogP contribution in [-0.4, -0.2) is 28.1 Å². The molecule has 0 spiro atoms. The standard InChI is InChI=1S/C23H20F2N4O2/c24-17-10-9-13(12-18(17)25)29-20-8-2-5-16(20)21(27-29)23(31)28-11-3-6-14-15(22(26)30)4-1-7-19(14)28/h1,4,7,9-10,12H,2-3,5-6,8,11H2,(H2,26,30). The summed E-state index contributed by atoms with van der Waals surface area (Å²) in [6, 6.07) is 8.80. The van der Waals surface area contributed by atoms with Crippen LogP contribution in [0.1, 0.15) is 50.5 Å². The Morgan fingerprint density at radius 3 is 2.55 bits per heavy atom. The summed E-state index contributed by atoms with van der Waals surface area (Å²) in [5.41, 5.74) is 9.76. The lowest BCUT2D eigenvalue weighted by Gasteiger charge is -2.30. The minimum absolute atomic E-state index is 0.262. The molecule has 0 unspecified atom stereocenters. The molecular formula is C23H20F2N4O2. The third-order valence-corrected chi connectivity index (χ3v) is 6.04. The molecule has 5 rings (SSSR count). The SMILES string of the molecule is NC(=O)c1cccc2c1CCCN2C(=O)c1nn(-c2ccc(F)c(F)c2)c2c1CCC2. The molecule has 0 saturated carbocycles. The number of halogens is 2. The topological polar surface area (TPSA) is 81.2 Å². The van der Waals surface area contributed by atoms with Gasteiger partial charge in [0, 0.05) is 35.1 Å². The Bertz CT molecular complexity index is 1230. The molecule has 2 heterocycles. The molecule has 6 nitrogen and oxygen atoms in total. The van der Waals surface area contributed by atoms with Crippen molar-refractivity contribution < 1.29 is 18.4 Å². The summed E-state index contributed by atoms with van der Waals surface area (Å²) >= 11 is 0. The quantitative estimate of drug-likeness (QED) is 0.703. The molecule has 1 aliphatic carbocycles. The number of fused-ring (bicyclic) bond motifs is 2. The van der Waals surface area contributed by atoms with E-state index in [0.717, 1.165) is 35.4 Å². The van der Waals surface area contributed by atoms with Gasteiger partial charge in [-0.2, -0.15) is 5.10 Å². The first-order valence-corrected chi connectivity index (χ1v) is 10.3. The van der Waals surface area contributed by atoms with Gasteiger partial charge in [-0.1, -0.05) is 6.07 Å². The third-order valence-electron chi connectivity index (χ3n) is 6.04. The highest BCUT2D eigenvalue weighted by atomic mass is 19.2. The van der Waals surface area contributed by atoms with Crippen LogP contribution in [0.3, 0.4) is 0 Å². The molecule has 1 aromatic heterocycles. The summed E-state index contributed by atoms with van der Waals surface area (Å²) in [6.45, 7) is 0.501. The lowest BCUT2D eigenvalue weighted by molar-refractivity contribution is 0.0972. The van der Waals surface area contributed by atoms with Crippen molar-refractivity contribution in [2.24, 2.45) is 5.73 Å². The van der Waals surface area contributed by atoms with Crippen LogP contribution in [-0.2, 0) is 19.3 Å². The second-order valence-corrected chi connectivity index (χ2v) is 7.87. The monoisotopic (exact) mass is 422 g/mol. The van der Waals surface area contributed by atoms with Crippen molar-refractivity contribution in [3.8, 4) is 5.69 Å². The summed E-state index contributed by atoms with van der Waals surface area (Å²) in [5.74, 6) is -2.67. The summed E-state index contributed by atoms with van der Waals surface area (Å²) < 4.78 is 28.8. The number of carbonyl (C=O) groups excluding carboxylic acids is 2. The number of hydrogen-bond donors (Lipinski definition) is 1. The fourth-order valence-corrected chi connectivity index (χ4v) is 4.63. The van der Waals surface area contributed by atoms with Crippen LogP contribution in [0.4, 0.5) is 14.5 Å². The number of amides is 2. The zero-order valence-corrected chi connectivity index (χ0v) is 16.7. The highest BCUT2D eigenvalue weighted by molar-refractivity contribution is 6.08. The zero-order chi connectivity index (χ0) is 21.7. The molecule has 2 aromatic carbocycles. The molecule has 2 N–H and O–H groups in total. The van der Waals surface area contributed by atoms with Crippen molar-refractivity contribution in [2.75, 3.05) is 11.4 Å². The largest absolute Gasteiger partial charge is 0.366 e. The molecule has 0 radical (unpaired) electrons. The molecule has 8 heteroatoms. The Morgan fingerprint density at radius 1 is 0.968 bits per heavy atom. The maximum atomic E-state index is 13.8. The van der Waals surface area contributed by atoms with Gasteiger partial charge in [0.2, 0.25) is 5.91 Å². The minimum Gasteiger partial charge on any atom is -0.366 e. The van der Waals surface area contributed by atoms with Crippen molar-refractivity contribution in [1.82, 2.24) is 9.78 Å². The average Bonchev–Trinajstić information content (AvgIpc) is 3.37. The van der Waals surface area contributed by atoms with E-state index in [1.54, 1.807) is 21.7 Å². The molecule has 158 valence electrons. The van der Waals surface area contributed by atoms with Gasteiger partial charge in [-0.15, -0.1) is 0 Å². The molecule has 2 aliphatic rings. The summed E-state index contributed by atoms with van der Waals surface area (Å²) in [5, 5.41) is 4.52. The highest BCUT2D eigenvalue weighted by Gasteiger charge is 2.33. The van der Waals surface area contributed by atoms with E-state index < -0.39 is 17.5 Å². The smallest absolute Gasteiger partial charge is 0.279 e. The van der Waals surface area contributed by atoms with Gasteiger partial charge in [-0.3, -0.25) is 9.59 Å². The highest BCUT2D eigenvalue weighted by Crippen LogP contribution is 2.34. The molecule has 3 aromatic rings. The van der Waals surface area contributed by atoms with Gasteiger partial charge in [0.15, 0.2) is 17.3 Å². The number of primary amides is 1. The molecule has 0 atom stereocenters. The van der Waals surface area contributed by atoms with Crippen LogP contribution in [0.15, 0.2) is 36.4 Å². The van der Waals surface area contributed by atoms with E-state index in [0.29, 0.717) is 54.9 Å². The summed E-state index contributed by atoms with van der Waals surface area (Å²) in [6.07, 6.45) is 3.63. The van der Waals surface area contributed by atoms with E-state index >= 15 is 0 Å². The molecule has 31 heavy (non-hydrogen) atoms. The first-order chi connectivity index (χ1) is 15.0. The predicted octanol–water partition coefficient (Wildman–Crippen LogP) is 3.33. The number of nitrogens with zero attached hydrogens (tertiary/aromatic N) is 3. The Morgan fingerprint density at radius 2 is 1.77 bits per heavy atom. The van der Waals surface area contributed by atoms with Crippen LogP contribution in [0.5, 0.6) is 0 Å². The van der Waals surface area contributed by atoms with E-state index in [1.165, 1.54) is 6.07 Å². The number of benzene rings is 2. The maximum absolute atomic E-state index is 13.8. The molecule has 0 bridgehead atoms. The van der Waals surface area contributed by atoms with Crippen molar-refractivity contribution in [1.29, 1.82) is 0 Å². The fourth-order valence-electron chi connectivity index (χ4n) is 4.63. The Balaban J connectivity index is 1.58.